The first-order valence-electron chi connectivity index (χ1n) is 14.5. The Bertz CT molecular complexity index is 1290. The predicted molar refractivity (Wildman–Crippen MR) is 154 cm³/mol. The molecule has 0 bridgehead atoms. The minimum atomic E-state index is 0.0966. The summed E-state index contributed by atoms with van der Waals surface area (Å²) in [4.78, 5) is 26.5. The van der Waals surface area contributed by atoms with Gasteiger partial charge in [0.1, 0.15) is 5.75 Å². The van der Waals surface area contributed by atoms with Crippen LogP contribution in [-0.4, -0.2) is 40.5 Å². The first-order chi connectivity index (χ1) is 19.2. The molecule has 0 N–H and O–H groups in total. The molecule has 6 rings (SSSR count). The highest BCUT2D eigenvalue weighted by atomic mass is 16.5. The summed E-state index contributed by atoms with van der Waals surface area (Å²) in [5.74, 6) is 2.72. The number of carbonyl (C=O) groups excluding carboxylic acids is 1. The molecule has 3 heterocycles. The Morgan fingerprint density at radius 3 is 2.26 bits per heavy atom. The minimum absolute atomic E-state index is 0.0966. The Morgan fingerprint density at radius 2 is 1.64 bits per heavy atom. The van der Waals surface area contributed by atoms with E-state index in [1.54, 1.807) is 0 Å². The molecule has 3 aliphatic rings. The molecule has 6 heteroatoms. The fourth-order valence-electron chi connectivity index (χ4n) is 6.04. The lowest BCUT2D eigenvalue weighted by atomic mass is 9.86. The maximum absolute atomic E-state index is 13.1. The summed E-state index contributed by atoms with van der Waals surface area (Å²) in [5, 5.41) is 0. The first-order valence-corrected chi connectivity index (χ1v) is 14.5. The number of hydrogen-bond acceptors (Lipinski definition) is 5. The zero-order chi connectivity index (χ0) is 26.6. The molecular formula is C33H38N4O2. The number of fused-ring (bicyclic) bond motifs is 1. The molecule has 2 aliphatic heterocycles. The Labute approximate surface area is 231 Å². The van der Waals surface area contributed by atoms with Crippen LogP contribution in [0.25, 0.3) is 5.57 Å². The molecular weight excluding hydrogens is 484 g/mol. The van der Waals surface area contributed by atoms with E-state index >= 15 is 0 Å². The Morgan fingerprint density at radius 1 is 0.949 bits per heavy atom. The largest absolute Gasteiger partial charge is 0.493 e. The van der Waals surface area contributed by atoms with Gasteiger partial charge in [-0.1, -0.05) is 49.4 Å². The van der Waals surface area contributed by atoms with Crippen molar-refractivity contribution >= 4 is 17.4 Å². The number of ether oxygens (including phenoxy) is 1. The molecule has 0 spiro atoms. The van der Waals surface area contributed by atoms with Crippen LogP contribution >= 0.6 is 0 Å². The second-order valence-corrected chi connectivity index (χ2v) is 11.2. The van der Waals surface area contributed by atoms with E-state index in [1.165, 1.54) is 27.8 Å². The fourth-order valence-corrected chi connectivity index (χ4v) is 6.04. The third kappa shape index (κ3) is 5.85. The van der Waals surface area contributed by atoms with Gasteiger partial charge in [0.05, 0.1) is 6.61 Å². The molecule has 202 valence electrons. The number of carbonyl (C=O) groups is 1. The molecule has 1 saturated heterocycles. The van der Waals surface area contributed by atoms with Gasteiger partial charge in [0, 0.05) is 44.5 Å². The molecule has 1 aromatic heterocycles. The maximum Gasteiger partial charge on any atom is 0.226 e. The maximum atomic E-state index is 13.1. The summed E-state index contributed by atoms with van der Waals surface area (Å²) >= 11 is 0. The smallest absolute Gasteiger partial charge is 0.226 e. The van der Waals surface area contributed by atoms with Crippen LogP contribution in [0.15, 0.2) is 67.0 Å². The third-order valence-corrected chi connectivity index (χ3v) is 8.62. The predicted octanol–water partition coefficient (Wildman–Crippen LogP) is 6.06. The molecule has 3 aromatic rings. The molecule has 1 aliphatic carbocycles. The summed E-state index contributed by atoms with van der Waals surface area (Å²) in [6.45, 7) is 6.32. The van der Waals surface area contributed by atoms with Gasteiger partial charge in [0.25, 0.3) is 0 Å². The average Bonchev–Trinajstić information content (AvgIpc) is 3.45. The summed E-state index contributed by atoms with van der Waals surface area (Å²) in [5.41, 5.74) is 6.34. The van der Waals surface area contributed by atoms with Gasteiger partial charge in [0.2, 0.25) is 11.9 Å². The van der Waals surface area contributed by atoms with Crippen molar-refractivity contribution in [2.24, 2.45) is 11.8 Å². The zero-order valence-electron chi connectivity index (χ0n) is 22.9. The van der Waals surface area contributed by atoms with Crippen LogP contribution in [0.1, 0.15) is 61.3 Å². The number of anilines is 1. The number of amides is 1. The minimum Gasteiger partial charge on any atom is -0.493 e. The van der Waals surface area contributed by atoms with Gasteiger partial charge in [-0.2, -0.15) is 0 Å². The highest BCUT2D eigenvalue weighted by molar-refractivity contribution is 5.81. The zero-order valence-corrected chi connectivity index (χ0v) is 22.9. The number of aryl methyl sites for hydroxylation is 1. The van der Waals surface area contributed by atoms with Gasteiger partial charge in [0.15, 0.2) is 0 Å². The van der Waals surface area contributed by atoms with Crippen LogP contribution < -0.4 is 9.64 Å². The van der Waals surface area contributed by atoms with E-state index in [9.17, 15) is 4.79 Å². The lowest BCUT2D eigenvalue weighted by Crippen LogP contribution is -2.36. The second-order valence-electron chi connectivity index (χ2n) is 11.2. The normalized spacial score (nSPS) is 19.5. The second kappa shape index (κ2) is 11.6. The van der Waals surface area contributed by atoms with Crippen molar-refractivity contribution in [1.82, 2.24) is 14.9 Å². The van der Waals surface area contributed by atoms with Crippen LogP contribution in [0, 0.1) is 11.8 Å². The number of allylic oxidation sites excluding steroid dienone is 2. The number of hydrogen-bond donors (Lipinski definition) is 0. The Kier molecular flexibility index (Phi) is 7.62. The topological polar surface area (TPSA) is 58.6 Å². The van der Waals surface area contributed by atoms with Gasteiger partial charge in [-0.25, -0.2) is 9.97 Å². The van der Waals surface area contributed by atoms with E-state index in [0.717, 1.165) is 83.0 Å². The molecule has 1 fully saturated rings. The van der Waals surface area contributed by atoms with Crippen molar-refractivity contribution in [1.29, 1.82) is 0 Å². The molecule has 1 unspecified atom stereocenters. The van der Waals surface area contributed by atoms with Crippen molar-refractivity contribution in [3.63, 3.8) is 0 Å². The van der Waals surface area contributed by atoms with E-state index in [1.807, 2.05) is 17.3 Å². The summed E-state index contributed by atoms with van der Waals surface area (Å²) in [7, 11) is 0. The van der Waals surface area contributed by atoms with Gasteiger partial charge in [-0.05, 0) is 84.4 Å². The van der Waals surface area contributed by atoms with Crippen LogP contribution in [-0.2, 0) is 24.3 Å². The molecule has 39 heavy (non-hydrogen) atoms. The van der Waals surface area contributed by atoms with Crippen LogP contribution in [0.3, 0.4) is 0 Å². The average molecular weight is 523 g/mol. The summed E-state index contributed by atoms with van der Waals surface area (Å²) in [6, 6.07) is 16.9. The molecule has 6 nitrogen and oxygen atoms in total. The standard InChI is InChI=1S/C33H38N4O2/c1-2-24-19-34-33(35-20-24)36-17-15-25(16-18-36)23-39-31-13-11-27(12-14-31)26-7-9-28(10-8-26)32(38)37-21-29-5-3-4-6-30(29)22-37/h3-7,11-14,19-20,25,28H,2,8-10,15-18,21-23H2,1H3. The molecule has 0 radical (unpaired) electrons. The number of piperidine rings is 1. The van der Waals surface area contributed by atoms with Crippen molar-refractivity contribution in [2.45, 2.75) is 58.5 Å². The van der Waals surface area contributed by atoms with Crippen LogP contribution in [0.2, 0.25) is 0 Å². The number of benzene rings is 2. The highest BCUT2D eigenvalue weighted by Gasteiger charge is 2.30. The molecule has 2 aromatic carbocycles. The number of rotatable bonds is 7. The molecule has 1 atom stereocenters. The van der Waals surface area contributed by atoms with Gasteiger partial charge in [-0.3, -0.25) is 4.79 Å². The first kappa shape index (κ1) is 25.6. The van der Waals surface area contributed by atoms with Crippen LogP contribution in [0.4, 0.5) is 5.95 Å². The summed E-state index contributed by atoms with van der Waals surface area (Å²) in [6.07, 6.45) is 12.0. The third-order valence-electron chi connectivity index (χ3n) is 8.62. The van der Waals surface area contributed by atoms with Crippen molar-refractivity contribution < 1.29 is 9.53 Å². The number of aromatic nitrogens is 2. The lowest BCUT2D eigenvalue weighted by Gasteiger charge is -2.31. The SMILES string of the molecule is CCc1cnc(N2CCC(COc3ccc(C4=CCC(C(=O)N5Cc6ccccc6C5)CC4)cc3)CC2)nc1. The summed E-state index contributed by atoms with van der Waals surface area (Å²) < 4.78 is 6.17. The van der Waals surface area contributed by atoms with Crippen LogP contribution in [0.5, 0.6) is 5.75 Å². The van der Waals surface area contributed by atoms with Crippen molar-refractivity contribution in [3.8, 4) is 5.75 Å². The molecule has 1 amide bonds. The van der Waals surface area contributed by atoms with Gasteiger partial charge >= 0.3 is 0 Å². The Hall–Kier alpha value is -3.67. The highest BCUT2D eigenvalue weighted by Crippen LogP contribution is 2.34. The number of nitrogens with zero attached hydrogens (tertiary/aromatic N) is 4. The van der Waals surface area contributed by atoms with E-state index in [0.29, 0.717) is 11.8 Å². The van der Waals surface area contributed by atoms with Crippen molar-refractivity contribution in [3.05, 3.63) is 89.3 Å². The fraction of sp³-hybridized carbons (Fsp3) is 0.424. The lowest BCUT2D eigenvalue weighted by molar-refractivity contribution is -0.136. The molecule has 0 saturated carbocycles. The van der Waals surface area contributed by atoms with E-state index in [-0.39, 0.29) is 5.92 Å². The quantitative estimate of drug-likeness (QED) is 0.378. The van der Waals surface area contributed by atoms with E-state index < -0.39 is 0 Å². The van der Waals surface area contributed by atoms with E-state index in [2.05, 4.69) is 76.4 Å². The van der Waals surface area contributed by atoms with Crippen molar-refractivity contribution in [2.75, 3.05) is 24.6 Å². The van der Waals surface area contributed by atoms with Gasteiger partial charge in [-0.15, -0.1) is 0 Å². The Balaban J connectivity index is 0.957. The van der Waals surface area contributed by atoms with E-state index in [4.69, 9.17) is 4.74 Å². The monoisotopic (exact) mass is 522 g/mol. The van der Waals surface area contributed by atoms with Gasteiger partial charge < -0.3 is 14.5 Å².